The van der Waals surface area contributed by atoms with Crippen molar-refractivity contribution in [3.63, 3.8) is 0 Å². The molecule has 0 bridgehead atoms. The van der Waals surface area contributed by atoms with Crippen LogP contribution in [0.4, 0.5) is 4.39 Å². The van der Waals surface area contributed by atoms with Crippen LogP contribution in [0.1, 0.15) is 21.5 Å². The number of nitrogens with one attached hydrogen (secondary N) is 1. The fraction of sp³-hybridized carbons (Fsp3) is 0.250. The molecule has 0 unspecified atom stereocenters. The Hall–Kier alpha value is -2.32. The summed E-state index contributed by atoms with van der Waals surface area (Å²) >= 11 is 3.32. The average molecular weight is 419 g/mol. The van der Waals surface area contributed by atoms with Crippen LogP contribution in [0.5, 0.6) is 0 Å². The number of benzene rings is 2. The van der Waals surface area contributed by atoms with Crippen LogP contribution in [0, 0.1) is 5.82 Å². The van der Waals surface area contributed by atoms with Crippen LogP contribution in [0.2, 0.25) is 0 Å². The molecule has 2 aromatic rings. The molecule has 1 amide bonds. The van der Waals surface area contributed by atoms with Gasteiger partial charge in [-0.2, -0.15) is 0 Å². The minimum Gasteiger partial charge on any atom is -0.452 e. The lowest BCUT2D eigenvalue weighted by atomic mass is 10.1. The van der Waals surface area contributed by atoms with Gasteiger partial charge >= 0.3 is 5.97 Å². The molecule has 0 saturated carbocycles. The van der Waals surface area contributed by atoms with Gasteiger partial charge in [-0.3, -0.25) is 9.79 Å². The van der Waals surface area contributed by atoms with Crippen molar-refractivity contribution in [2.24, 2.45) is 4.99 Å². The van der Waals surface area contributed by atoms with E-state index in [1.165, 1.54) is 12.1 Å². The summed E-state index contributed by atoms with van der Waals surface area (Å²) in [6.45, 7) is 0.706. The number of halogens is 1. The molecule has 0 spiro atoms. The van der Waals surface area contributed by atoms with Gasteiger partial charge in [0.05, 0.1) is 12.1 Å². The van der Waals surface area contributed by atoms with E-state index in [0.29, 0.717) is 11.3 Å². The van der Waals surface area contributed by atoms with E-state index in [1.54, 1.807) is 47.8 Å². The number of carbonyl (C=O) groups excluding carboxylic acids is 2. The molecule has 0 radical (unpaired) electrons. The van der Waals surface area contributed by atoms with Crippen LogP contribution in [0.15, 0.2) is 53.5 Å². The molecule has 0 saturated heterocycles. The van der Waals surface area contributed by atoms with Crippen LogP contribution in [0.25, 0.3) is 0 Å². The molecule has 0 fully saturated rings. The number of hydrogen-bond acceptors (Lipinski definition) is 6. The number of esters is 1. The molecule has 0 aromatic heterocycles. The lowest BCUT2D eigenvalue weighted by Crippen LogP contribution is -2.28. The zero-order valence-corrected chi connectivity index (χ0v) is 16.7. The van der Waals surface area contributed by atoms with Gasteiger partial charge in [0.1, 0.15) is 10.2 Å². The molecule has 28 heavy (non-hydrogen) atoms. The summed E-state index contributed by atoms with van der Waals surface area (Å²) < 4.78 is 19.1. The largest absolute Gasteiger partial charge is 0.452 e. The van der Waals surface area contributed by atoms with Gasteiger partial charge in [0.2, 0.25) is 0 Å². The summed E-state index contributed by atoms with van der Waals surface area (Å²) in [5, 5.41) is 2.64. The zero-order chi connectivity index (χ0) is 19.8. The monoisotopic (exact) mass is 418 g/mol. The topological polar surface area (TPSA) is 67.8 Å². The highest BCUT2D eigenvalue weighted by Crippen LogP contribution is 2.26. The second-order valence-corrected chi connectivity index (χ2v) is 8.23. The summed E-state index contributed by atoms with van der Waals surface area (Å²) in [7, 11) is 0. The van der Waals surface area contributed by atoms with Gasteiger partial charge in [-0.05, 0) is 29.3 Å². The van der Waals surface area contributed by atoms with E-state index in [4.69, 9.17) is 4.74 Å². The second-order valence-electron chi connectivity index (χ2n) is 5.92. The first-order valence-corrected chi connectivity index (χ1v) is 10.6. The van der Waals surface area contributed by atoms with Crippen molar-refractivity contribution < 1.29 is 18.7 Å². The predicted molar refractivity (Wildman–Crippen MR) is 111 cm³/mol. The molecule has 2 aromatic carbocycles. The summed E-state index contributed by atoms with van der Waals surface area (Å²) in [4.78, 5) is 28.7. The molecule has 1 heterocycles. The van der Waals surface area contributed by atoms with Gasteiger partial charge in [0.15, 0.2) is 6.61 Å². The SMILES string of the molecule is O=C(COC(=O)c1ccccc1CSC1=NCCS1)NCc1ccc(F)cc1. The Balaban J connectivity index is 1.48. The van der Waals surface area contributed by atoms with E-state index < -0.39 is 11.9 Å². The van der Waals surface area contributed by atoms with Crippen molar-refractivity contribution in [2.75, 3.05) is 18.9 Å². The summed E-state index contributed by atoms with van der Waals surface area (Å²) in [6.07, 6.45) is 0. The average Bonchev–Trinajstić information content (AvgIpc) is 3.24. The van der Waals surface area contributed by atoms with Gasteiger partial charge in [-0.25, -0.2) is 9.18 Å². The summed E-state index contributed by atoms with van der Waals surface area (Å²) in [5.41, 5.74) is 2.06. The van der Waals surface area contributed by atoms with Gasteiger partial charge in [-0.15, -0.1) is 0 Å². The number of rotatable bonds is 7. The maximum absolute atomic E-state index is 12.9. The minimum absolute atomic E-state index is 0.240. The van der Waals surface area contributed by atoms with Crippen LogP contribution in [-0.2, 0) is 21.8 Å². The third-order valence-electron chi connectivity index (χ3n) is 3.88. The highest BCUT2D eigenvalue weighted by Gasteiger charge is 2.16. The van der Waals surface area contributed by atoms with Crippen LogP contribution in [-0.4, -0.2) is 35.2 Å². The van der Waals surface area contributed by atoms with E-state index in [0.717, 1.165) is 27.8 Å². The normalized spacial score (nSPS) is 13.1. The standard InChI is InChI=1S/C20H19FN2O3S2/c21-16-7-5-14(6-8-16)11-23-18(24)12-26-19(25)17-4-2-1-3-15(17)13-28-20-22-9-10-27-20/h1-8H,9-13H2,(H,23,24). The van der Waals surface area contributed by atoms with Gasteiger partial charge < -0.3 is 10.1 Å². The third-order valence-corrected chi connectivity index (χ3v) is 6.18. The van der Waals surface area contributed by atoms with E-state index in [2.05, 4.69) is 10.3 Å². The van der Waals surface area contributed by atoms with Crippen molar-refractivity contribution in [3.8, 4) is 0 Å². The molecule has 3 rings (SSSR count). The lowest BCUT2D eigenvalue weighted by molar-refractivity contribution is -0.124. The fourth-order valence-electron chi connectivity index (χ4n) is 2.45. The fourth-order valence-corrected chi connectivity index (χ4v) is 4.46. The van der Waals surface area contributed by atoms with E-state index in [1.807, 2.05) is 12.1 Å². The smallest absolute Gasteiger partial charge is 0.338 e. The number of hydrogen-bond donors (Lipinski definition) is 1. The molecule has 5 nitrogen and oxygen atoms in total. The number of carbonyl (C=O) groups is 2. The van der Waals surface area contributed by atoms with Gasteiger partial charge in [0, 0.05) is 18.1 Å². The summed E-state index contributed by atoms with van der Waals surface area (Å²) in [5.74, 6) is 0.335. The van der Waals surface area contributed by atoms with Crippen LogP contribution >= 0.6 is 23.5 Å². The van der Waals surface area contributed by atoms with Crippen molar-refractivity contribution in [1.29, 1.82) is 0 Å². The van der Waals surface area contributed by atoms with E-state index >= 15 is 0 Å². The molecular weight excluding hydrogens is 399 g/mol. The number of nitrogens with zero attached hydrogens (tertiary/aromatic N) is 1. The van der Waals surface area contributed by atoms with Crippen molar-refractivity contribution in [3.05, 3.63) is 71.0 Å². The number of amides is 1. The van der Waals surface area contributed by atoms with Crippen molar-refractivity contribution in [1.82, 2.24) is 5.32 Å². The number of aliphatic imine (C=N–C) groups is 1. The van der Waals surface area contributed by atoms with E-state index in [9.17, 15) is 14.0 Å². The molecule has 1 N–H and O–H groups in total. The number of ether oxygens (including phenoxy) is 1. The number of thioether (sulfide) groups is 2. The Morgan fingerprint density at radius 2 is 1.96 bits per heavy atom. The molecule has 0 aliphatic carbocycles. The van der Waals surface area contributed by atoms with E-state index in [-0.39, 0.29) is 19.0 Å². The highest BCUT2D eigenvalue weighted by atomic mass is 32.2. The minimum atomic E-state index is -0.533. The lowest BCUT2D eigenvalue weighted by Gasteiger charge is -2.10. The molecule has 1 aliphatic rings. The molecular formula is C20H19FN2O3S2. The Labute approximate surface area is 171 Å². The molecule has 1 aliphatic heterocycles. The zero-order valence-electron chi connectivity index (χ0n) is 15.0. The molecule has 0 atom stereocenters. The van der Waals surface area contributed by atoms with Crippen molar-refractivity contribution in [2.45, 2.75) is 12.3 Å². The highest BCUT2D eigenvalue weighted by molar-refractivity contribution is 8.38. The Morgan fingerprint density at radius 1 is 1.18 bits per heavy atom. The Kier molecular flexibility index (Phi) is 7.50. The van der Waals surface area contributed by atoms with Crippen molar-refractivity contribution >= 4 is 39.8 Å². The van der Waals surface area contributed by atoms with Gasteiger partial charge in [0.25, 0.3) is 5.91 Å². The third kappa shape index (κ3) is 6.10. The molecule has 8 heteroatoms. The van der Waals surface area contributed by atoms with Crippen LogP contribution in [0.3, 0.4) is 0 Å². The summed E-state index contributed by atoms with van der Waals surface area (Å²) in [6, 6.07) is 13.0. The first-order valence-electron chi connectivity index (χ1n) is 8.68. The second kappa shape index (κ2) is 10.3. The maximum atomic E-state index is 12.9. The first-order chi connectivity index (χ1) is 13.6. The van der Waals surface area contributed by atoms with Gasteiger partial charge in [-0.1, -0.05) is 53.9 Å². The first kappa shape index (κ1) is 20.4. The Bertz CT molecular complexity index is 872. The quantitative estimate of drug-likeness (QED) is 0.696. The van der Waals surface area contributed by atoms with Crippen LogP contribution < -0.4 is 5.32 Å². The molecule has 146 valence electrons. The Morgan fingerprint density at radius 3 is 2.71 bits per heavy atom. The maximum Gasteiger partial charge on any atom is 0.338 e. The predicted octanol–water partition coefficient (Wildman–Crippen LogP) is 3.63.